The molecular formula is C14H17N3O. The molecule has 0 aliphatic carbocycles. The van der Waals surface area contributed by atoms with Gasteiger partial charge < -0.3 is 4.74 Å². The van der Waals surface area contributed by atoms with Gasteiger partial charge in [0.25, 0.3) is 0 Å². The number of hydrogen-bond donors (Lipinski definition) is 0. The molecule has 0 fully saturated rings. The maximum Gasteiger partial charge on any atom is 0.212 e. The van der Waals surface area contributed by atoms with Gasteiger partial charge in [0.2, 0.25) is 5.88 Å². The van der Waals surface area contributed by atoms with Crippen LogP contribution < -0.4 is 4.74 Å². The lowest BCUT2D eigenvalue weighted by Gasteiger charge is -2.12. The van der Waals surface area contributed by atoms with E-state index < -0.39 is 0 Å². The summed E-state index contributed by atoms with van der Waals surface area (Å²) in [5, 5.41) is 0. The Hall–Kier alpha value is -1.97. The number of ether oxygens (including phenoxy) is 1. The molecule has 94 valence electrons. The van der Waals surface area contributed by atoms with E-state index >= 15 is 0 Å². The van der Waals surface area contributed by atoms with E-state index in [9.17, 15) is 0 Å². The zero-order valence-corrected chi connectivity index (χ0v) is 11.1. The molecular weight excluding hydrogens is 226 g/mol. The van der Waals surface area contributed by atoms with E-state index in [1.807, 2.05) is 25.3 Å². The van der Waals surface area contributed by atoms with E-state index in [2.05, 4.69) is 28.8 Å². The molecule has 18 heavy (non-hydrogen) atoms. The molecule has 4 nitrogen and oxygen atoms in total. The lowest BCUT2D eigenvalue weighted by atomic mass is 9.99. The van der Waals surface area contributed by atoms with E-state index in [4.69, 9.17) is 4.74 Å². The Bertz CT molecular complexity index is 535. The number of methoxy groups -OCH3 is 1. The first-order valence-electron chi connectivity index (χ1n) is 5.95. The van der Waals surface area contributed by atoms with Crippen molar-refractivity contribution in [1.82, 2.24) is 15.0 Å². The molecule has 0 spiro atoms. The summed E-state index contributed by atoms with van der Waals surface area (Å²) in [5.41, 5.74) is 3.07. The molecule has 4 heteroatoms. The minimum Gasteiger partial charge on any atom is -0.481 e. The Labute approximate surface area is 107 Å². The van der Waals surface area contributed by atoms with Gasteiger partial charge in [0, 0.05) is 24.0 Å². The number of rotatable bonds is 3. The molecule has 0 aliphatic heterocycles. The third-order valence-electron chi connectivity index (χ3n) is 2.78. The quantitative estimate of drug-likeness (QED) is 0.831. The number of pyridine rings is 1. The van der Waals surface area contributed by atoms with Crippen LogP contribution in [0.15, 0.2) is 24.5 Å². The van der Waals surface area contributed by atoms with Gasteiger partial charge in [-0.15, -0.1) is 0 Å². The molecule has 2 rings (SSSR count). The Morgan fingerprint density at radius 1 is 1.11 bits per heavy atom. The van der Waals surface area contributed by atoms with Crippen molar-refractivity contribution in [3.8, 4) is 17.1 Å². The van der Waals surface area contributed by atoms with Gasteiger partial charge in [0.05, 0.1) is 12.8 Å². The van der Waals surface area contributed by atoms with Crippen LogP contribution in [0.4, 0.5) is 0 Å². The van der Waals surface area contributed by atoms with Crippen LogP contribution >= 0.6 is 0 Å². The first-order valence-corrected chi connectivity index (χ1v) is 5.95. The molecule has 0 aromatic carbocycles. The summed E-state index contributed by atoms with van der Waals surface area (Å²) >= 11 is 0. The molecule has 0 N–H and O–H groups in total. The van der Waals surface area contributed by atoms with Gasteiger partial charge in [-0.25, -0.2) is 15.0 Å². The SMILES string of the molecule is COc1ccc(-c2nc(C)ncc2C(C)C)cn1. The molecule has 0 amide bonds. The highest BCUT2D eigenvalue weighted by molar-refractivity contribution is 5.62. The molecule has 0 unspecified atom stereocenters. The Morgan fingerprint density at radius 2 is 1.89 bits per heavy atom. The largest absolute Gasteiger partial charge is 0.481 e. The minimum atomic E-state index is 0.378. The Kier molecular flexibility index (Phi) is 3.55. The maximum absolute atomic E-state index is 5.06. The Balaban J connectivity index is 2.50. The average Bonchev–Trinajstić information content (AvgIpc) is 2.38. The average molecular weight is 243 g/mol. The summed E-state index contributed by atoms with van der Waals surface area (Å²) < 4.78 is 5.06. The van der Waals surface area contributed by atoms with E-state index in [-0.39, 0.29) is 0 Å². The summed E-state index contributed by atoms with van der Waals surface area (Å²) in [6.07, 6.45) is 3.68. The molecule has 2 heterocycles. The van der Waals surface area contributed by atoms with Crippen molar-refractivity contribution in [1.29, 1.82) is 0 Å². The third kappa shape index (κ3) is 2.47. The second-order valence-corrected chi connectivity index (χ2v) is 4.47. The molecule has 0 radical (unpaired) electrons. The normalized spacial score (nSPS) is 10.7. The van der Waals surface area contributed by atoms with Crippen LogP contribution in [0.1, 0.15) is 31.2 Å². The predicted octanol–water partition coefficient (Wildman–Crippen LogP) is 2.98. The number of aryl methyl sites for hydroxylation is 1. The van der Waals surface area contributed by atoms with Crippen LogP contribution in [0.2, 0.25) is 0 Å². The summed E-state index contributed by atoms with van der Waals surface area (Å²) in [6.45, 7) is 6.16. The lowest BCUT2D eigenvalue weighted by molar-refractivity contribution is 0.398. The van der Waals surface area contributed by atoms with Crippen LogP contribution in [-0.4, -0.2) is 22.1 Å². The molecule has 2 aromatic heterocycles. The van der Waals surface area contributed by atoms with E-state index in [1.165, 1.54) is 0 Å². The molecule has 0 bridgehead atoms. The summed E-state index contributed by atoms with van der Waals surface area (Å²) in [5.74, 6) is 1.75. The van der Waals surface area contributed by atoms with Crippen LogP contribution in [0, 0.1) is 6.92 Å². The van der Waals surface area contributed by atoms with Crippen molar-refractivity contribution >= 4 is 0 Å². The standard InChI is InChI=1S/C14H17N3O/c1-9(2)12-8-15-10(3)17-14(12)11-5-6-13(18-4)16-7-11/h5-9H,1-4H3. The van der Waals surface area contributed by atoms with E-state index in [0.717, 1.165) is 22.6 Å². The van der Waals surface area contributed by atoms with Gasteiger partial charge in [-0.2, -0.15) is 0 Å². The number of hydrogen-bond acceptors (Lipinski definition) is 4. The topological polar surface area (TPSA) is 47.9 Å². The van der Waals surface area contributed by atoms with Crippen LogP contribution in [0.3, 0.4) is 0 Å². The molecule has 0 atom stereocenters. The molecule has 2 aromatic rings. The van der Waals surface area contributed by atoms with Crippen molar-refractivity contribution < 1.29 is 4.74 Å². The van der Waals surface area contributed by atoms with Gasteiger partial charge in [-0.05, 0) is 24.5 Å². The van der Waals surface area contributed by atoms with Crippen LogP contribution in [-0.2, 0) is 0 Å². The second kappa shape index (κ2) is 5.12. The maximum atomic E-state index is 5.06. The van der Waals surface area contributed by atoms with E-state index in [0.29, 0.717) is 11.8 Å². The van der Waals surface area contributed by atoms with Gasteiger partial charge in [-0.1, -0.05) is 13.8 Å². The fraction of sp³-hybridized carbons (Fsp3) is 0.357. The third-order valence-corrected chi connectivity index (χ3v) is 2.78. The highest BCUT2D eigenvalue weighted by Crippen LogP contribution is 2.27. The molecule has 0 aliphatic rings. The first-order chi connectivity index (χ1) is 8.61. The first kappa shape index (κ1) is 12.5. The fourth-order valence-electron chi connectivity index (χ4n) is 1.77. The molecule has 0 saturated heterocycles. The lowest BCUT2D eigenvalue weighted by Crippen LogP contribution is -2.00. The summed E-state index contributed by atoms with van der Waals surface area (Å²) in [7, 11) is 1.61. The summed E-state index contributed by atoms with van der Waals surface area (Å²) in [4.78, 5) is 13.0. The van der Waals surface area contributed by atoms with Crippen molar-refractivity contribution in [2.75, 3.05) is 7.11 Å². The Morgan fingerprint density at radius 3 is 2.44 bits per heavy atom. The van der Waals surface area contributed by atoms with Crippen molar-refractivity contribution in [2.45, 2.75) is 26.7 Å². The zero-order chi connectivity index (χ0) is 13.1. The van der Waals surface area contributed by atoms with E-state index in [1.54, 1.807) is 13.3 Å². The highest BCUT2D eigenvalue weighted by Gasteiger charge is 2.11. The monoisotopic (exact) mass is 243 g/mol. The number of aromatic nitrogens is 3. The predicted molar refractivity (Wildman–Crippen MR) is 70.6 cm³/mol. The smallest absolute Gasteiger partial charge is 0.212 e. The van der Waals surface area contributed by atoms with Gasteiger partial charge in [-0.3, -0.25) is 0 Å². The van der Waals surface area contributed by atoms with Gasteiger partial charge >= 0.3 is 0 Å². The molecule has 0 saturated carbocycles. The van der Waals surface area contributed by atoms with Crippen molar-refractivity contribution in [3.63, 3.8) is 0 Å². The fourth-order valence-corrected chi connectivity index (χ4v) is 1.77. The van der Waals surface area contributed by atoms with Crippen molar-refractivity contribution in [2.24, 2.45) is 0 Å². The van der Waals surface area contributed by atoms with Crippen molar-refractivity contribution in [3.05, 3.63) is 35.9 Å². The van der Waals surface area contributed by atoms with Crippen LogP contribution in [0.5, 0.6) is 5.88 Å². The highest BCUT2D eigenvalue weighted by atomic mass is 16.5. The zero-order valence-electron chi connectivity index (χ0n) is 11.1. The van der Waals surface area contributed by atoms with Gasteiger partial charge in [0.1, 0.15) is 5.82 Å². The van der Waals surface area contributed by atoms with Gasteiger partial charge in [0.15, 0.2) is 0 Å². The summed E-state index contributed by atoms with van der Waals surface area (Å²) in [6, 6.07) is 3.82. The number of nitrogens with zero attached hydrogens (tertiary/aromatic N) is 3. The second-order valence-electron chi connectivity index (χ2n) is 4.47. The van der Waals surface area contributed by atoms with Crippen LogP contribution in [0.25, 0.3) is 11.3 Å². The minimum absolute atomic E-state index is 0.378.